The normalized spacial score (nSPS) is 17.4. The van der Waals surface area contributed by atoms with E-state index in [1.807, 2.05) is 0 Å². The number of aliphatic hydroxyl groups excluding tert-OH is 1. The number of aliphatic hydroxyl groups is 1. The Bertz CT molecular complexity index is 674. The van der Waals surface area contributed by atoms with E-state index in [1.165, 1.54) is 0 Å². The zero-order valence-electron chi connectivity index (χ0n) is 11.3. The van der Waals surface area contributed by atoms with Crippen molar-refractivity contribution in [1.29, 1.82) is 0 Å². The average Bonchev–Trinajstić information content (AvgIpc) is 2.40. The van der Waals surface area contributed by atoms with Gasteiger partial charge in [0.05, 0.1) is 25.5 Å². The maximum atomic E-state index is 14.3. The molecule has 1 saturated heterocycles. The zero-order chi connectivity index (χ0) is 17.3. The van der Waals surface area contributed by atoms with Gasteiger partial charge in [-0.3, -0.25) is 0 Å². The van der Waals surface area contributed by atoms with E-state index in [0.29, 0.717) is 0 Å². The summed E-state index contributed by atoms with van der Waals surface area (Å²) in [6, 6.07) is 1.46. The molecule has 0 radical (unpaired) electrons. The Kier molecular flexibility index (Phi) is 4.69. The molecule has 1 N–H and O–H groups in total. The van der Waals surface area contributed by atoms with Gasteiger partial charge in [-0.25, -0.2) is 9.37 Å². The number of alkyl halides is 4. The lowest BCUT2D eigenvalue weighted by Crippen LogP contribution is -2.43. The summed E-state index contributed by atoms with van der Waals surface area (Å²) in [7, 11) is -5.93. The van der Waals surface area contributed by atoms with Crippen LogP contribution in [0.4, 0.5) is 17.6 Å². The van der Waals surface area contributed by atoms with Crippen LogP contribution in [0.1, 0.15) is 5.69 Å². The molecule has 0 amide bonds. The Morgan fingerprint density at radius 2 is 2.00 bits per heavy atom. The monoisotopic (exact) mass is 361 g/mol. The Labute approximate surface area is 127 Å². The van der Waals surface area contributed by atoms with Crippen LogP contribution >= 0.6 is 0 Å². The van der Waals surface area contributed by atoms with Crippen LogP contribution in [0.25, 0.3) is 0 Å². The van der Waals surface area contributed by atoms with Gasteiger partial charge in [-0.1, -0.05) is 0 Å². The number of hydrogen-bond donors (Lipinski definition) is 1. The molecule has 1 fully saturated rings. The summed E-state index contributed by atoms with van der Waals surface area (Å²) >= 11 is 0. The molecule has 2 rings (SSSR count). The SMILES string of the molecule is O=S(=O)(Oc1cc(OCCO)nc(C2(F)COC2)c1)C(F)(F)F. The van der Waals surface area contributed by atoms with Crippen molar-refractivity contribution in [2.45, 2.75) is 11.2 Å². The van der Waals surface area contributed by atoms with Gasteiger partial charge < -0.3 is 18.8 Å². The number of pyridine rings is 1. The van der Waals surface area contributed by atoms with Crippen molar-refractivity contribution >= 4 is 10.1 Å². The fourth-order valence-corrected chi connectivity index (χ4v) is 2.03. The first-order valence-electron chi connectivity index (χ1n) is 6.11. The van der Waals surface area contributed by atoms with Gasteiger partial charge in [0.1, 0.15) is 12.4 Å². The van der Waals surface area contributed by atoms with Gasteiger partial charge in [-0.2, -0.15) is 21.6 Å². The van der Waals surface area contributed by atoms with Crippen LogP contribution in [0, 0.1) is 0 Å². The van der Waals surface area contributed by atoms with E-state index >= 15 is 0 Å². The summed E-state index contributed by atoms with van der Waals surface area (Å²) in [5.74, 6) is -1.21. The van der Waals surface area contributed by atoms with Crippen LogP contribution in [0.3, 0.4) is 0 Å². The summed E-state index contributed by atoms with van der Waals surface area (Å²) in [5.41, 5.74) is -8.12. The molecule has 1 aromatic rings. The van der Waals surface area contributed by atoms with Gasteiger partial charge in [0.15, 0.2) is 5.67 Å². The van der Waals surface area contributed by atoms with E-state index in [4.69, 9.17) is 9.84 Å². The molecule has 0 aliphatic carbocycles. The fourth-order valence-electron chi connectivity index (χ4n) is 1.59. The maximum absolute atomic E-state index is 14.3. The standard InChI is InChI=1S/C11H11F4NO6S/c12-10(5-20-6-10)8-3-7(4-9(16-8)21-2-1-17)22-23(18,19)11(13,14)15/h3-4,17H,1-2,5-6H2. The highest BCUT2D eigenvalue weighted by atomic mass is 32.2. The molecule has 130 valence electrons. The number of rotatable bonds is 6. The highest BCUT2D eigenvalue weighted by molar-refractivity contribution is 7.88. The number of hydrogen-bond acceptors (Lipinski definition) is 7. The van der Waals surface area contributed by atoms with E-state index in [0.717, 1.165) is 12.1 Å². The van der Waals surface area contributed by atoms with Gasteiger partial charge >= 0.3 is 15.6 Å². The van der Waals surface area contributed by atoms with Gasteiger partial charge in [0.25, 0.3) is 0 Å². The minimum Gasteiger partial charge on any atom is -0.475 e. The summed E-state index contributed by atoms with van der Waals surface area (Å²) in [6.07, 6.45) is 0. The Morgan fingerprint density at radius 3 is 2.48 bits per heavy atom. The second kappa shape index (κ2) is 6.09. The van der Waals surface area contributed by atoms with Crippen molar-refractivity contribution < 1.29 is 44.7 Å². The molecule has 1 aromatic heterocycles. The molecule has 0 saturated carbocycles. The minimum atomic E-state index is -5.93. The van der Waals surface area contributed by atoms with E-state index in [9.17, 15) is 26.0 Å². The Morgan fingerprint density at radius 1 is 1.35 bits per heavy atom. The fraction of sp³-hybridized carbons (Fsp3) is 0.545. The smallest absolute Gasteiger partial charge is 0.475 e. The number of nitrogens with zero attached hydrogens (tertiary/aromatic N) is 1. The second-order valence-electron chi connectivity index (χ2n) is 4.54. The predicted molar refractivity (Wildman–Crippen MR) is 66.0 cm³/mol. The molecular formula is C11H11F4NO6S. The first-order valence-corrected chi connectivity index (χ1v) is 7.52. The molecule has 1 aliphatic heterocycles. The molecule has 7 nitrogen and oxygen atoms in total. The van der Waals surface area contributed by atoms with Gasteiger partial charge in [0.2, 0.25) is 5.88 Å². The zero-order valence-corrected chi connectivity index (χ0v) is 12.2. The van der Waals surface area contributed by atoms with Crippen molar-refractivity contribution in [2.75, 3.05) is 26.4 Å². The topological polar surface area (TPSA) is 95.0 Å². The molecule has 0 unspecified atom stereocenters. The molecule has 0 atom stereocenters. The second-order valence-corrected chi connectivity index (χ2v) is 6.08. The van der Waals surface area contributed by atoms with Crippen LogP contribution in [0.5, 0.6) is 11.6 Å². The summed E-state index contributed by atoms with van der Waals surface area (Å²) < 4.78 is 86.9. The van der Waals surface area contributed by atoms with Crippen LogP contribution in [0.2, 0.25) is 0 Å². The van der Waals surface area contributed by atoms with Gasteiger partial charge in [0, 0.05) is 12.1 Å². The average molecular weight is 361 g/mol. The van der Waals surface area contributed by atoms with Crippen molar-refractivity contribution in [3.05, 3.63) is 17.8 Å². The maximum Gasteiger partial charge on any atom is 0.534 e. The molecule has 1 aliphatic rings. The highest BCUT2D eigenvalue weighted by Gasteiger charge is 2.49. The molecule has 23 heavy (non-hydrogen) atoms. The van der Waals surface area contributed by atoms with E-state index < -0.39 is 58.4 Å². The summed E-state index contributed by atoms with van der Waals surface area (Å²) in [6.45, 7) is -1.51. The lowest BCUT2D eigenvalue weighted by Gasteiger charge is -2.33. The van der Waals surface area contributed by atoms with Crippen LogP contribution in [-0.2, 0) is 20.5 Å². The third kappa shape index (κ3) is 3.82. The predicted octanol–water partition coefficient (Wildman–Crippen LogP) is 0.876. The lowest BCUT2D eigenvalue weighted by molar-refractivity contribution is -0.137. The van der Waals surface area contributed by atoms with Crippen molar-refractivity contribution in [3.8, 4) is 11.6 Å². The van der Waals surface area contributed by atoms with Crippen molar-refractivity contribution in [3.63, 3.8) is 0 Å². The number of ether oxygens (including phenoxy) is 2. The van der Waals surface area contributed by atoms with Crippen LogP contribution in [-0.4, -0.2) is 50.4 Å². The first-order chi connectivity index (χ1) is 10.6. The molecule has 2 heterocycles. The Hall–Kier alpha value is -1.66. The molecule has 0 bridgehead atoms. The molecule has 0 spiro atoms. The van der Waals surface area contributed by atoms with E-state index in [2.05, 4.69) is 13.9 Å². The minimum absolute atomic E-state index is 0.280. The molecular weight excluding hydrogens is 350 g/mol. The van der Waals surface area contributed by atoms with Gasteiger partial charge in [-0.15, -0.1) is 0 Å². The highest BCUT2D eigenvalue weighted by Crippen LogP contribution is 2.37. The van der Waals surface area contributed by atoms with E-state index in [-0.39, 0.29) is 6.61 Å². The third-order valence-electron chi connectivity index (χ3n) is 2.73. The van der Waals surface area contributed by atoms with Crippen LogP contribution < -0.4 is 8.92 Å². The largest absolute Gasteiger partial charge is 0.534 e. The molecule has 12 heteroatoms. The Balaban J connectivity index is 2.36. The van der Waals surface area contributed by atoms with Crippen molar-refractivity contribution in [1.82, 2.24) is 4.98 Å². The number of halogens is 4. The first kappa shape index (κ1) is 17.7. The number of aromatic nitrogens is 1. The summed E-state index contributed by atoms with van der Waals surface area (Å²) in [4.78, 5) is 3.71. The van der Waals surface area contributed by atoms with Crippen molar-refractivity contribution in [2.24, 2.45) is 0 Å². The molecule has 0 aromatic carbocycles. The third-order valence-corrected chi connectivity index (χ3v) is 3.71. The van der Waals surface area contributed by atoms with E-state index in [1.54, 1.807) is 0 Å². The quantitative estimate of drug-likeness (QED) is 0.456. The summed E-state index contributed by atoms with van der Waals surface area (Å²) in [5, 5.41) is 8.65. The van der Waals surface area contributed by atoms with Gasteiger partial charge in [-0.05, 0) is 0 Å². The lowest BCUT2D eigenvalue weighted by atomic mass is 9.99. The van der Waals surface area contributed by atoms with Crippen LogP contribution in [0.15, 0.2) is 12.1 Å².